The minimum absolute atomic E-state index is 0.0976. The maximum Gasteiger partial charge on any atom is 0.316 e. The molecule has 2 aromatic carbocycles. The minimum Gasteiger partial charge on any atom is -0.328 e. The highest BCUT2D eigenvalue weighted by molar-refractivity contribution is 6.30. The predicted octanol–water partition coefficient (Wildman–Crippen LogP) is 3.67. The lowest BCUT2D eigenvalue weighted by atomic mass is 10.2. The molecule has 4 rings (SSSR count). The molecule has 28 heavy (non-hydrogen) atoms. The Hall–Kier alpha value is -3.59. The van der Waals surface area contributed by atoms with Crippen LogP contribution in [-0.2, 0) is 0 Å². The number of aryl methyl sites for hydroxylation is 1. The zero-order valence-electron chi connectivity index (χ0n) is 14.4. The van der Waals surface area contributed by atoms with E-state index in [0.29, 0.717) is 16.3 Å². The van der Waals surface area contributed by atoms with Gasteiger partial charge in [-0.15, -0.1) is 5.10 Å². The highest BCUT2D eigenvalue weighted by Gasteiger charge is 2.19. The fourth-order valence-corrected chi connectivity index (χ4v) is 2.49. The Morgan fingerprint density at radius 3 is 2.75 bits per heavy atom. The molecular weight excluding hydrogens is 387 g/mol. The standard InChI is InChI=1S/C18H12ClFN6O2/c1-10-2-5-12(8-14(10)20)21-17(27)18-22-16(24-28-18)15-9-26(25-23-15)13-6-3-11(19)4-7-13/h2-9H,1H3,(H,21,27). The summed E-state index contributed by atoms with van der Waals surface area (Å²) in [5.74, 6) is -1.27. The average Bonchev–Trinajstić information content (AvgIpc) is 3.35. The molecule has 4 aromatic rings. The van der Waals surface area contributed by atoms with Gasteiger partial charge in [0.2, 0.25) is 5.82 Å². The van der Waals surface area contributed by atoms with E-state index in [0.717, 1.165) is 5.69 Å². The number of carbonyl (C=O) groups excluding carboxylic acids is 1. The molecule has 0 spiro atoms. The van der Waals surface area contributed by atoms with Crippen molar-refractivity contribution in [2.24, 2.45) is 0 Å². The molecule has 0 radical (unpaired) electrons. The number of carbonyl (C=O) groups is 1. The monoisotopic (exact) mass is 398 g/mol. The molecule has 0 unspecified atom stereocenters. The van der Waals surface area contributed by atoms with E-state index in [4.69, 9.17) is 16.1 Å². The zero-order chi connectivity index (χ0) is 19.7. The predicted molar refractivity (Wildman–Crippen MR) is 98.8 cm³/mol. The van der Waals surface area contributed by atoms with Gasteiger partial charge >= 0.3 is 11.8 Å². The highest BCUT2D eigenvalue weighted by atomic mass is 35.5. The Balaban J connectivity index is 1.52. The minimum atomic E-state index is -0.660. The third-order valence-corrected chi connectivity index (χ3v) is 4.12. The van der Waals surface area contributed by atoms with Crippen LogP contribution in [0.15, 0.2) is 53.2 Å². The van der Waals surface area contributed by atoms with Gasteiger partial charge < -0.3 is 9.84 Å². The van der Waals surface area contributed by atoms with Crippen molar-refractivity contribution in [3.05, 3.63) is 71.0 Å². The summed E-state index contributed by atoms with van der Waals surface area (Å²) in [5, 5.41) is 14.8. The molecule has 10 heteroatoms. The highest BCUT2D eigenvalue weighted by Crippen LogP contribution is 2.18. The van der Waals surface area contributed by atoms with Gasteiger partial charge in [-0.2, -0.15) is 4.98 Å². The molecule has 1 amide bonds. The van der Waals surface area contributed by atoms with Crippen molar-refractivity contribution in [2.75, 3.05) is 5.32 Å². The van der Waals surface area contributed by atoms with Crippen LogP contribution in [0.5, 0.6) is 0 Å². The van der Waals surface area contributed by atoms with Crippen LogP contribution in [0.3, 0.4) is 0 Å². The topological polar surface area (TPSA) is 98.7 Å². The van der Waals surface area contributed by atoms with Crippen LogP contribution in [0, 0.1) is 12.7 Å². The van der Waals surface area contributed by atoms with Crippen molar-refractivity contribution in [3.8, 4) is 17.2 Å². The number of halogens is 2. The van der Waals surface area contributed by atoms with Gasteiger partial charge in [0.1, 0.15) is 5.82 Å². The van der Waals surface area contributed by atoms with Crippen LogP contribution in [0.25, 0.3) is 17.2 Å². The van der Waals surface area contributed by atoms with Crippen molar-refractivity contribution in [2.45, 2.75) is 6.92 Å². The van der Waals surface area contributed by atoms with Gasteiger partial charge in [0.25, 0.3) is 0 Å². The Morgan fingerprint density at radius 1 is 1.21 bits per heavy atom. The Kier molecular flexibility index (Phi) is 4.58. The largest absolute Gasteiger partial charge is 0.328 e. The van der Waals surface area contributed by atoms with E-state index in [1.807, 2.05) is 0 Å². The third-order valence-electron chi connectivity index (χ3n) is 3.86. The number of amides is 1. The first-order valence-corrected chi connectivity index (χ1v) is 8.47. The number of nitrogens with zero attached hydrogens (tertiary/aromatic N) is 5. The number of benzene rings is 2. The normalized spacial score (nSPS) is 10.8. The smallest absolute Gasteiger partial charge is 0.316 e. The van der Waals surface area contributed by atoms with Gasteiger partial charge in [0, 0.05) is 10.7 Å². The molecule has 0 fully saturated rings. The second-order valence-electron chi connectivity index (χ2n) is 5.87. The summed E-state index contributed by atoms with van der Waals surface area (Å²) in [5.41, 5.74) is 1.81. The van der Waals surface area contributed by atoms with E-state index in [-0.39, 0.29) is 17.4 Å². The maximum absolute atomic E-state index is 13.6. The second-order valence-corrected chi connectivity index (χ2v) is 6.30. The molecular formula is C18H12ClFN6O2. The Labute approximate surface area is 162 Å². The summed E-state index contributed by atoms with van der Waals surface area (Å²) in [6, 6.07) is 11.3. The fraction of sp³-hybridized carbons (Fsp3) is 0.0556. The first-order valence-electron chi connectivity index (χ1n) is 8.09. The van der Waals surface area contributed by atoms with Gasteiger partial charge in [0.05, 0.1) is 11.9 Å². The van der Waals surface area contributed by atoms with Gasteiger partial charge in [-0.25, -0.2) is 9.07 Å². The summed E-state index contributed by atoms with van der Waals surface area (Å²) >= 11 is 5.87. The van der Waals surface area contributed by atoms with Crippen molar-refractivity contribution in [1.82, 2.24) is 25.1 Å². The first-order chi connectivity index (χ1) is 13.5. The first kappa shape index (κ1) is 17.8. The summed E-state index contributed by atoms with van der Waals surface area (Å²) in [7, 11) is 0. The molecule has 2 aromatic heterocycles. The van der Waals surface area contributed by atoms with E-state index in [9.17, 15) is 9.18 Å². The average molecular weight is 399 g/mol. The molecule has 140 valence electrons. The van der Waals surface area contributed by atoms with Gasteiger partial charge in [0.15, 0.2) is 5.69 Å². The van der Waals surface area contributed by atoms with Crippen LogP contribution < -0.4 is 5.32 Å². The number of hydrogen-bond donors (Lipinski definition) is 1. The van der Waals surface area contributed by atoms with Gasteiger partial charge in [-0.1, -0.05) is 28.0 Å². The lowest BCUT2D eigenvalue weighted by Gasteiger charge is -2.03. The second kappa shape index (κ2) is 7.20. The van der Waals surface area contributed by atoms with Crippen LogP contribution >= 0.6 is 11.6 Å². The van der Waals surface area contributed by atoms with E-state index in [1.54, 1.807) is 49.5 Å². The third kappa shape index (κ3) is 3.60. The molecule has 2 heterocycles. The zero-order valence-corrected chi connectivity index (χ0v) is 15.2. The summed E-state index contributed by atoms with van der Waals surface area (Å²) in [4.78, 5) is 16.2. The van der Waals surface area contributed by atoms with Crippen LogP contribution in [-0.4, -0.2) is 31.0 Å². The molecule has 0 aliphatic heterocycles. The SMILES string of the molecule is Cc1ccc(NC(=O)c2nc(-c3cn(-c4ccc(Cl)cc4)nn3)no2)cc1F. The number of hydrogen-bond acceptors (Lipinski definition) is 6. The molecule has 0 aliphatic rings. The summed E-state index contributed by atoms with van der Waals surface area (Å²) in [6.07, 6.45) is 1.59. The number of rotatable bonds is 4. The molecule has 0 saturated heterocycles. The number of anilines is 1. The van der Waals surface area contributed by atoms with E-state index >= 15 is 0 Å². The van der Waals surface area contributed by atoms with Crippen molar-refractivity contribution < 1.29 is 13.7 Å². The van der Waals surface area contributed by atoms with Crippen molar-refractivity contribution in [1.29, 1.82) is 0 Å². The molecule has 0 saturated carbocycles. The molecule has 0 aliphatic carbocycles. The van der Waals surface area contributed by atoms with Gasteiger partial charge in [-0.3, -0.25) is 4.79 Å². The van der Waals surface area contributed by atoms with E-state index in [2.05, 4.69) is 25.8 Å². The van der Waals surface area contributed by atoms with Crippen molar-refractivity contribution >= 4 is 23.2 Å². The Morgan fingerprint density at radius 2 is 2.00 bits per heavy atom. The molecule has 0 bridgehead atoms. The fourth-order valence-electron chi connectivity index (χ4n) is 2.36. The van der Waals surface area contributed by atoms with E-state index < -0.39 is 11.7 Å². The van der Waals surface area contributed by atoms with E-state index in [1.165, 1.54) is 10.7 Å². The number of aromatic nitrogens is 5. The van der Waals surface area contributed by atoms with Crippen LogP contribution in [0.1, 0.15) is 16.2 Å². The Bertz CT molecular complexity index is 1160. The lowest BCUT2D eigenvalue weighted by molar-refractivity contribution is 0.0981. The molecule has 8 nitrogen and oxygen atoms in total. The van der Waals surface area contributed by atoms with Gasteiger partial charge in [-0.05, 0) is 48.9 Å². The quantitative estimate of drug-likeness (QED) is 0.563. The summed E-state index contributed by atoms with van der Waals surface area (Å²) < 4.78 is 20.1. The van der Waals surface area contributed by atoms with Crippen LogP contribution in [0.4, 0.5) is 10.1 Å². The molecule has 1 N–H and O–H groups in total. The lowest BCUT2D eigenvalue weighted by Crippen LogP contribution is -2.12. The summed E-state index contributed by atoms with van der Waals surface area (Å²) in [6.45, 7) is 1.63. The maximum atomic E-state index is 13.6. The van der Waals surface area contributed by atoms with Crippen LogP contribution in [0.2, 0.25) is 5.02 Å². The molecule has 0 atom stereocenters. The number of nitrogens with one attached hydrogen (secondary N) is 1. The van der Waals surface area contributed by atoms with Crippen molar-refractivity contribution in [3.63, 3.8) is 0 Å².